The Kier molecular flexibility index (Phi) is 6.91. The standard InChI is InChI=1S/C19H31N3O2/c1-5-9-24-17-10-15(3)7-8-16(17)11-21-18(20-6-2)22-12-19(4)13-23-14-19/h7-8,10H,5-6,9,11-14H2,1-4H3,(H2,20,21,22). The van der Waals surface area contributed by atoms with E-state index in [1.165, 1.54) is 5.56 Å². The zero-order valence-corrected chi connectivity index (χ0v) is 15.4. The minimum Gasteiger partial charge on any atom is -0.493 e. The van der Waals surface area contributed by atoms with E-state index in [2.05, 4.69) is 56.5 Å². The van der Waals surface area contributed by atoms with Gasteiger partial charge in [0.05, 0.1) is 26.4 Å². The van der Waals surface area contributed by atoms with E-state index >= 15 is 0 Å². The van der Waals surface area contributed by atoms with Crippen LogP contribution in [-0.2, 0) is 11.3 Å². The third kappa shape index (κ3) is 5.41. The Balaban J connectivity index is 2.01. The van der Waals surface area contributed by atoms with Gasteiger partial charge in [0, 0.05) is 24.1 Å². The molecule has 0 unspecified atom stereocenters. The largest absolute Gasteiger partial charge is 0.493 e. The van der Waals surface area contributed by atoms with Crippen LogP contribution in [0.4, 0.5) is 0 Å². The zero-order valence-electron chi connectivity index (χ0n) is 15.4. The molecule has 1 heterocycles. The van der Waals surface area contributed by atoms with E-state index in [0.717, 1.165) is 56.6 Å². The Hall–Kier alpha value is -1.75. The molecule has 1 aliphatic rings. The molecule has 1 saturated heterocycles. The molecule has 24 heavy (non-hydrogen) atoms. The summed E-state index contributed by atoms with van der Waals surface area (Å²) in [6.45, 7) is 13.2. The number of ether oxygens (including phenoxy) is 2. The van der Waals surface area contributed by atoms with Crippen LogP contribution >= 0.6 is 0 Å². The van der Waals surface area contributed by atoms with Crippen LogP contribution in [0.5, 0.6) is 5.75 Å². The number of rotatable bonds is 8. The normalized spacial score (nSPS) is 16.4. The van der Waals surface area contributed by atoms with Gasteiger partial charge in [-0.25, -0.2) is 4.99 Å². The van der Waals surface area contributed by atoms with E-state index in [4.69, 9.17) is 14.5 Å². The average Bonchev–Trinajstić information content (AvgIpc) is 2.54. The van der Waals surface area contributed by atoms with Crippen molar-refractivity contribution in [2.24, 2.45) is 10.4 Å². The van der Waals surface area contributed by atoms with Gasteiger partial charge in [-0.3, -0.25) is 0 Å². The number of nitrogens with zero attached hydrogens (tertiary/aromatic N) is 1. The minimum atomic E-state index is 0.218. The molecule has 1 fully saturated rings. The van der Waals surface area contributed by atoms with Crippen molar-refractivity contribution in [3.63, 3.8) is 0 Å². The van der Waals surface area contributed by atoms with E-state index in [1.807, 2.05) is 0 Å². The fourth-order valence-electron chi connectivity index (χ4n) is 2.49. The lowest BCUT2D eigenvalue weighted by atomic mass is 9.89. The smallest absolute Gasteiger partial charge is 0.191 e. The lowest BCUT2D eigenvalue weighted by molar-refractivity contribution is -0.0971. The number of guanidine groups is 1. The summed E-state index contributed by atoms with van der Waals surface area (Å²) in [7, 11) is 0. The van der Waals surface area contributed by atoms with Crippen molar-refractivity contribution in [1.29, 1.82) is 0 Å². The molecule has 0 atom stereocenters. The van der Waals surface area contributed by atoms with E-state index in [9.17, 15) is 0 Å². The Morgan fingerprint density at radius 3 is 2.71 bits per heavy atom. The summed E-state index contributed by atoms with van der Waals surface area (Å²) in [6.07, 6.45) is 1.00. The third-order valence-electron chi connectivity index (χ3n) is 4.02. The maximum atomic E-state index is 5.87. The molecule has 0 spiro atoms. The molecule has 0 bridgehead atoms. The van der Waals surface area contributed by atoms with Gasteiger partial charge in [-0.2, -0.15) is 0 Å². The van der Waals surface area contributed by atoms with E-state index in [1.54, 1.807) is 0 Å². The van der Waals surface area contributed by atoms with Crippen LogP contribution in [0, 0.1) is 12.3 Å². The van der Waals surface area contributed by atoms with Crippen molar-refractivity contribution in [2.75, 3.05) is 32.9 Å². The lowest BCUT2D eigenvalue weighted by Gasteiger charge is -2.38. The summed E-state index contributed by atoms with van der Waals surface area (Å²) in [5.74, 6) is 1.78. The summed E-state index contributed by atoms with van der Waals surface area (Å²) in [5, 5.41) is 6.73. The molecule has 1 aromatic rings. The Morgan fingerprint density at radius 1 is 1.29 bits per heavy atom. The summed E-state index contributed by atoms with van der Waals surface area (Å²) < 4.78 is 11.2. The van der Waals surface area contributed by atoms with Gasteiger partial charge in [0.25, 0.3) is 0 Å². The van der Waals surface area contributed by atoms with Crippen LogP contribution in [0.1, 0.15) is 38.3 Å². The van der Waals surface area contributed by atoms with Gasteiger partial charge in [-0.05, 0) is 31.9 Å². The molecular weight excluding hydrogens is 302 g/mol. The van der Waals surface area contributed by atoms with Crippen molar-refractivity contribution >= 4 is 5.96 Å². The molecule has 134 valence electrons. The van der Waals surface area contributed by atoms with E-state index < -0.39 is 0 Å². The van der Waals surface area contributed by atoms with Gasteiger partial charge in [0.1, 0.15) is 5.75 Å². The Morgan fingerprint density at radius 2 is 2.08 bits per heavy atom. The maximum Gasteiger partial charge on any atom is 0.191 e. The minimum absolute atomic E-state index is 0.218. The van der Waals surface area contributed by atoms with Crippen LogP contribution < -0.4 is 15.4 Å². The van der Waals surface area contributed by atoms with Crippen LogP contribution in [0.2, 0.25) is 0 Å². The van der Waals surface area contributed by atoms with Gasteiger partial charge >= 0.3 is 0 Å². The molecule has 2 N–H and O–H groups in total. The van der Waals surface area contributed by atoms with Gasteiger partial charge in [0.15, 0.2) is 5.96 Å². The number of aryl methyl sites for hydroxylation is 1. The summed E-state index contributed by atoms with van der Waals surface area (Å²) >= 11 is 0. The highest BCUT2D eigenvalue weighted by Gasteiger charge is 2.33. The van der Waals surface area contributed by atoms with Crippen molar-refractivity contribution in [2.45, 2.75) is 40.7 Å². The molecule has 5 heteroatoms. The first-order valence-corrected chi connectivity index (χ1v) is 8.88. The second-order valence-corrected chi connectivity index (χ2v) is 6.81. The number of nitrogens with one attached hydrogen (secondary N) is 2. The van der Waals surface area contributed by atoms with Gasteiger partial charge in [-0.1, -0.05) is 26.0 Å². The first-order valence-electron chi connectivity index (χ1n) is 8.88. The molecule has 2 rings (SSSR count). The first kappa shape index (κ1) is 18.6. The fraction of sp³-hybridized carbons (Fsp3) is 0.632. The fourth-order valence-corrected chi connectivity index (χ4v) is 2.49. The zero-order chi connectivity index (χ0) is 17.4. The van der Waals surface area contributed by atoms with E-state index in [-0.39, 0.29) is 5.41 Å². The van der Waals surface area contributed by atoms with Crippen LogP contribution in [0.15, 0.2) is 23.2 Å². The molecular formula is C19H31N3O2. The van der Waals surface area contributed by atoms with Crippen LogP contribution in [-0.4, -0.2) is 38.9 Å². The topological polar surface area (TPSA) is 54.9 Å². The predicted molar refractivity (Wildman–Crippen MR) is 98.7 cm³/mol. The molecule has 0 saturated carbocycles. The maximum absolute atomic E-state index is 5.87. The number of hydrogen-bond acceptors (Lipinski definition) is 3. The Labute approximate surface area is 145 Å². The quantitative estimate of drug-likeness (QED) is 0.567. The molecule has 0 aromatic heterocycles. The van der Waals surface area contributed by atoms with Crippen molar-refractivity contribution < 1.29 is 9.47 Å². The van der Waals surface area contributed by atoms with Crippen molar-refractivity contribution in [1.82, 2.24) is 10.6 Å². The molecule has 0 aliphatic carbocycles. The SMILES string of the molecule is CCCOc1cc(C)ccc1CN=C(NCC)NCC1(C)COC1. The predicted octanol–water partition coefficient (Wildman–Crippen LogP) is 2.88. The molecule has 0 radical (unpaired) electrons. The second kappa shape index (κ2) is 8.92. The van der Waals surface area contributed by atoms with Crippen LogP contribution in [0.3, 0.4) is 0 Å². The van der Waals surface area contributed by atoms with Crippen molar-refractivity contribution in [3.05, 3.63) is 29.3 Å². The summed E-state index contributed by atoms with van der Waals surface area (Å²) in [6, 6.07) is 6.30. The van der Waals surface area contributed by atoms with Crippen molar-refractivity contribution in [3.8, 4) is 5.75 Å². The molecule has 0 amide bonds. The summed E-state index contributed by atoms with van der Waals surface area (Å²) in [5.41, 5.74) is 2.54. The Bertz CT molecular complexity index is 554. The van der Waals surface area contributed by atoms with Crippen LogP contribution in [0.25, 0.3) is 0 Å². The second-order valence-electron chi connectivity index (χ2n) is 6.81. The third-order valence-corrected chi connectivity index (χ3v) is 4.02. The number of hydrogen-bond donors (Lipinski definition) is 2. The first-order chi connectivity index (χ1) is 11.6. The van der Waals surface area contributed by atoms with E-state index in [0.29, 0.717) is 6.54 Å². The molecule has 5 nitrogen and oxygen atoms in total. The number of benzene rings is 1. The van der Waals surface area contributed by atoms with Gasteiger partial charge in [0.2, 0.25) is 0 Å². The highest BCUT2D eigenvalue weighted by molar-refractivity contribution is 5.79. The lowest BCUT2D eigenvalue weighted by Crippen LogP contribution is -2.51. The highest BCUT2D eigenvalue weighted by atomic mass is 16.5. The highest BCUT2D eigenvalue weighted by Crippen LogP contribution is 2.25. The monoisotopic (exact) mass is 333 g/mol. The molecule has 1 aromatic carbocycles. The number of aliphatic imine (C=N–C) groups is 1. The average molecular weight is 333 g/mol. The summed E-state index contributed by atoms with van der Waals surface area (Å²) in [4.78, 5) is 4.72. The van der Waals surface area contributed by atoms with Gasteiger partial charge < -0.3 is 20.1 Å². The molecule has 1 aliphatic heterocycles. The van der Waals surface area contributed by atoms with Gasteiger partial charge in [-0.15, -0.1) is 0 Å².